The number of aromatic nitrogens is 2. The lowest BCUT2D eigenvalue weighted by Gasteiger charge is -2.02. The molecule has 0 fully saturated rings. The summed E-state index contributed by atoms with van der Waals surface area (Å²) < 4.78 is 0. The topological polar surface area (TPSA) is 138 Å². The van der Waals surface area contributed by atoms with Gasteiger partial charge in [0, 0.05) is 6.07 Å². The van der Waals surface area contributed by atoms with E-state index in [9.17, 15) is 19.7 Å². The molecule has 20 heavy (non-hydrogen) atoms. The molecule has 0 aliphatic heterocycles. The summed E-state index contributed by atoms with van der Waals surface area (Å²) in [5.41, 5.74) is 0.134. The fraction of sp³-hybridized carbons (Fsp3) is 0. The number of carbonyl (C=O) groups is 2. The van der Waals surface area contributed by atoms with Crippen molar-refractivity contribution in [2.75, 3.05) is 5.32 Å². The van der Waals surface area contributed by atoms with Gasteiger partial charge in [0.05, 0.1) is 11.9 Å². The predicted molar refractivity (Wildman–Crippen MR) is 66.6 cm³/mol. The third-order valence-electron chi connectivity index (χ3n) is 2.35. The number of hydrogen-bond acceptors (Lipinski definition) is 5. The van der Waals surface area contributed by atoms with Crippen molar-refractivity contribution in [1.82, 2.24) is 9.97 Å². The monoisotopic (exact) mass is 276 g/mol. The molecule has 9 nitrogen and oxygen atoms in total. The number of carboxylic acids is 1. The maximum absolute atomic E-state index is 11.8. The smallest absolute Gasteiger partial charge is 0.354 e. The molecule has 0 bridgehead atoms. The number of hydrogen-bond donors (Lipinski definition) is 3. The Morgan fingerprint density at radius 3 is 2.55 bits per heavy atom. The second-order valence-corrected chi connectivity index (χ2v) is 3.71. The van der Waals surface area contributed by atoms with Crippen LogP contribution >= 0.6 is 0 Å². The number of nitrogens with zero attached hydrogens (tertiary/aromatic N) is 2. The Kier molecular flexibility index (Phi) is 3.42. The molecule has 0 spiro atoms. The number of anilines is 1. The minimum atomic E-state index is -1.18. The van der Waals surface area contributed by atoms with Gasteiger partial charge in [0.2, 0.25) is 0 Å². The molecule has 102 valence electrons. The first-order valence-electron chi connectivity index (χ1n) is 5.31. The van der Waals surface area contributed by atoms with Crippen LogP contribution in [0.5, 0.6) is 0 Å². The van der Waals surface area contributed by atoms with Crippen molar-refractivity contribution in [2.24, 2.45) is 0 Å². The molecular formula is C11H8N4O5. The maximum Gasteiger partial charge on any atom is 0.354 e. The van der Waals surface area contributed by atoms with E-state index >= 15 is 0 Å². The molecule has 9 heteroatoms. The minimum absolute atomic E-state index is 0.0130. The Bertz CT molecular complexity index is 676. The molecule has 0 saturated carbocycles. The molecular weight excluding hydrogens is 268 g/mol. The zero-order valence-electron chi connectivity index (χ0n) is 9.86. The minimum Gasteiger partial charge on any atom is -0.477 e. The number of aromatic carboxylic acids is 1. The molecule has 2 aromatic rings. The number of pyridine rings is 1. The molecule has 0 aromatic carbocycles. The number of nitrogens with one attached hydrogen (secondary N) is 2. The van der Waals surface area contributed by atoms with E-state index in [-0.39, 0.29) is 22.9 Å². The molecule has 2 heterocycles. The van der Waals surface area contributed by atoms with Crippen molar-refractivity contribution in [3.63, 3.8) is 0 Å². The van der Waals surface area contributed by atoms with Crippen molar-refractivity contribution >= 4 is 23.4 Å². The lowest BCUT2D eigenvalue weighted by atomic mass is 10.3. The third kappa shape index (κ3) is 2.77. The fourth-order valence-electron chi connectivity index (χ4n) is 1.42. The second kappa shape index (κ2) is 5.18. The lowest BCUT2D eigenvalue weighted by Crippen LogP contribution is -2.13. The molecule has 0 aliphatic rings. The lowest BCUT2D eigenvalue weighted by molar-refractivity contribution is -0.389. The van der Waals surface area contributed by atoms with Gasteiger partial charge in [0.1, 0.15) is 5.69 Å². The highest BCUT2D eigenvalue weighted by atomic mass is 16.6. The standard InChI is InChI=1S/C11H8N4O5/c16-10(7-3-4-9(14-7)15(19)20)13-6-1-2-8(11(17)18)12-5-6/h1-5,14H,(H,13,16)(H,17,18). The second-order valence-electron chi connectivity index (χ2n) is 3.71. The van der Waals surface area contributed by atoms with E-state index in [0.29, 0.717) is 0 Å². The van der Waals surface area contributed by atoms with Crippen LogP contribution in [0.2, 0.25) is 0 Å². The van der Waals surface area contributed by atoms with Crippen molar-refractivity contribution in [1.29, 1.82) is 0 Å². The summed E-state index contributed by atoms with van der Waals surface area (Å²) in [5, 5.41) is 21.6. The number of nitro groups is 1. The summed E-state index contributed by atoms with van der Waals surface area (Å²) >= 11 is 0. The van der Waals surface area contributed by atoms with Gasteiger partial charge in [-0.15, -0.1) is 0 Å². The van der Waals surface area contributed by atoms with Gasteiger partial charge in [-0.25, -0.2) is 14.8 Å². The summed E-state index contributed by atoms with van der Waals surface area (Å²) in [6, 6.07) is 5.04. The van der Waals surface area contributed by atoms with Crippen molar-refractivity contribution in [2.45, 2.75) is 0 Å². The van der Waals surface area contributed by atoms with E-state index in [1.807, 2.05) is 0 Å². The maximum atomic E-state index is 11.8. The number of H-pyrrole nitrogens is 1. The van der Waals surface area contributed by atoms with Gasteiger partial charge in [-0.05, 0) is 23.1 Å². The van der Waals surface area contributed by atoms with Crippen LogP contribution in [-0.2, 0) is 0 Å². The summed E-state index contributed by atoms with van der Waals surface area (Å²) in [6.07, 6.45) is 1.18. The van der Waals surface area contributed by atoms with Crippen molar-refractivity contribution in [3.05, 3.63) is 52.0 Å². The van der Waals surface area contributed by atoms with Crippen molar-refractivity contribution < 1.29 is 19.6 Å². The van der Waals surface area contributed by atoms with Gasteiger partial charge >= 0.3 is 11.8 Å². The van der Waals surface area contributed by atoms with E-state index in [4.69, 9.17) is 5.11 Å². The molecule has 0 saturated heterocycles. The van der Waals surface area contributed by atoms with Crippen LogP contribution in [0.1, 0.15) is 21.0 Å². The number of amides is 1. The number of carboxylic acid groups (broad SMARTS) is 1. The van der Waals surface area contributed by atoms with Crippen LogP contribution < -0.4 is 5.32 Å². The van der Waals surface area contributed by atoms with Crippen LogP contribution in [-0.4, -0.2) is 31.9 Å². The average molecular weight is 276 g/mol. The largest absolute Gasteiger partial charge is 0.477 e. The number of rotatable bonds is 4. The Morgan fingerprint density at radius 1 is 1.30 bits per heavy atom. The van der Waals surface area contributed by atoms with Gasteiger partial charge in [-0.2, -0.15) is 0 Å². The summed E-state index contributed by atoms with van der Waals surface area (Å²) in [6.45, 7) is 0. The molecule has 1 amide bonds. The Balaban J connectivity index is 2.10. The quantitative estimate of drug-likeness (QED) is 0.567. The summed E-state index contributed by atoms with van der Waals surface area (Å²) in [7, 11) is 0. The third-order valence-corrected chi connectivity index (χ3v) is 2.35. The van der Waals surface area contributed by atoms with Crippen LogP contribution in [0.4, 0.5) is 11.5 Å². The highest BCUT2D eigenvalue weighted by Crippen LogP contribution is 2.12. The molecule has 2 rings (SSSR count). The predicted octanol–water partition coefficient (Wildman–Crippen LogP) is 1.27. The molecule has 0 radical (unpaired) electrons. The zero-order chi connectivity index (χ0) is 14.7. The van der Waals surface area contributed by atoms with Gasteiger partial charge in [-0.1, -0.05) is 0 Å². The van der Waals surface area contributed by atoms with E-state index in [1.165, 1.54) is 30.5 Å². The van der Waals surface area contributed by atoms with Crippen LogP contribution in [0, 0.1) is 10.1 Å². The fourth-order valence-corrected chi connectivity index (χ4v) is 1.42. The zero-order valence-corrected chi connectivity index (χ0v) is 9.86. The van der Waals surface area contributed by atoms with E-state index < -0.39 is 16.8 Å². The molecule has 0 unspecified atom stereocenters. The van der Waals surface area contributed by atoms with Gasteiger partial charge in [-0.3, -0.25) is 4.79 Å². The first-order chi connectivity index (χ1) is 9.47. The molecule has 3 N–H and O–H groups in total. The Labute approximate surface area is 111 Å². The Morgan fingerprint density at radius 2 is 2.05 bits per heavy atom. The average Bonchev–Trinajstić information content (AvgIpc) is 2.89. The molecule has 0 atom stereocenters. The van der Waals surface area contributed by atoms with E-state index in [2.05, 4.69) is 15.3 Å². The van der Waals surface area contributed by atoms with Crippen LogP contribution in [0.3, 0.4) is 0 Å². The van der Waals surface area contributed by atoms with E-state index in [0.717, 1.165) is 0 Å². The van der Waals surface area contributed by atoms with Gasteiger partial charge < -0.3 is 20.5 Å². The van der Waals surface area contributed by atoms with Crippen LogP contribution in [0.25, 0.3) is 0 Å². The first kappa shape index (κ1) is 13.2. The Hall–Kier alpha value is -3.23. The van der Waals surface area contributed by atoms with Crippen LogP contribution in [0.15, 0.2) is 30.5 Å². The number of carbonyl (C=O) groups excluding carboxylic acids is 1. The first-order valence-corrected chi connectivity index (χ1v) is 5.31. The normalized spacial score (nSPS) is 10.0. The van der Waals surface area contributed by atoms with Gasteiger partial charge in [0.25, 0.3) is 5.91 Å². The van der Waals surface area contributed by atoms with Crippen molar-refractivity contribution in [3.8, 4) is 0 Å². The molecule has 0 aliphatic carbocycles. The van der Waals surface area contributed by atoms with E-state index in [1.54, 1.807) is 0 Å². The highest BCUT2D eigenvalue weighted by molar-refractivity contribution is 6.03. The van der Waals surface area contributed by atoms with Gasteiger partial charge in [0.15, 0.2) is 5.69 Å². The summed E-state index contributed by atoms with van der Waals surface area (Å²) in [5.74, 6) is -2.07. The molecule has 2 aromatic heterocycles. The highest BCUT2D eigenvalue weighted by Gasteiger charge is 2.15. The SMILES string of the molecule is O=C(O)c1ccc(NC(=O)c2ccc([N+](=O)[O-])[nH]2)cn1. The number of aromatic amines is 1. The summed E-state index contributed by atoms with van der Waals surface area (Å²) in [4.78, 5) is 38.1.